The Morgan fingerprint density at radius 2 is 1.88 bits per heavy atom. The highest BCUT2D eigenvalue weighted by molar-refractivity contribution is 6.31. The first kappa shape index (κ1) is 22.5. The second-order valence-electron chi connectivity index (χ2n) is 8.81. The molecule has 0 bridgehead atoms. The molecule has 7 heteroatoms. The highest BCUT2D eigenvalue weighted by atomic mass is 35.5. The van der Waals surface area contributed by atoms with Crippen LogP contribution in [0.2, 0.25) is 5.02 Å². The molecule has 176 valence electrons. The van der Waals surface area contributed by atoms with Crippen LogP contribution in [0.1, 0.15) is 11.1 Å². The molecule has 0 saturated carbocycles. The lowest BCUT2D eigenvalue weighted by Crippen LogP contribution is -2.61. The minimum absolute atomic E-state index is 0.000514. The molecule has 3 aromatic carbocycles. The molecule has 0 unspecified atom stereocenters. The number of halogens is 2. The number of para-hydroxylation sites is 1. The van der Waals surface area contributed by atoms with Gasteiger partial charge in [0.1, 0.15) is 11.6 Å². The van der Waals surface area contributed by atoms with Crippen molar-refractivity contribution in [3.63, 3.8) is 0 Å². The number of nitrogens with one attached hydrogen (secondary N) is 1. The molecular formula is C27H27ClFN3O2. The number of piperazine rings is 1. The van der Waals surface area contributed by atoms with E-state index in [1.807, 2.05) is 24.3 Å². The molecule has 0 aliphatic carbocycles. The molecule has 0 radical (unpaired) electrons. The third-order valence-electron chi connectivity index (χ3n) is 6.82. The van der Waals surface area contributed by atoms with Crippen LogP contribution in [0.4, 0.5) is 15.8 Å². The van der Waals surface area contributed by atoms with Gasteiger partial charge in [-0.15, -0.1) is 0 Å². The predicted octanol–water partition coefficient (Wildman–Crippen LogP) is 4.67. The Labute approximate surface area is 204 Å². The van der Waals surface area contributed by atoms with Gasteiger partial charge in [0.15, 0.2) is 0 Å². The summed E-state index contributed by atoms with van der Waals surface area (Å²) in [5, 5.41) is 3.74. The third kappa shape index (κ3) is 4.42. The highest BCUT2D eigenvalue weighted by Crippen LogP contribution is 2.39. The lowest BCUT2D eigenvalue weighted by atomic mass is 9.83. The van der Waals surface area contributed by atoms with E-state index >= 15 is 0 Å². The first-order valence-electron chi connectivity index (χ1n) is 11.5. The van der Waals surface area contributed by atoms with Crippen molar-refractivity contribution in [2.24, 2.45) is 5.92 Å². The minimum atomic E-state index is -0.284. The second-order valence-corrected chi connectivity index (χ2v) is 9.24. The Balaban J connectivity index is 1.41. The first-order valence-corrected chi connectivity index (χ1v) is 11.9. The smallest absolute Gasteiger partial charge is 0.225 e. The van der Waals surface area contributed by atoms with E-state index in [4.69, 9.17) is 16.3 Å². The molecule has 3 aromatic rings. The van der Waals surface area contributed by atoms with Crippen molar-refractivity contribution in [1.29, 1.82) is 0 Å². The van der Waals surface area contributed by atoms with Crippen LogP contribution < -0.4 is 19.9 Å². The number of rotatable bonds is 5. The first-order chi connectivity index (χ1) is 16.5. The number of ether oxygens (including phenoxy) is 1. The SMILES string of the molecule is COc1ccc(Cl)cc1N1CCN2c3ccccc3C[C@@H](C(=O)NCc3ccc(F)cc3)[C@@H]2C1. The number of hydrogen-bond donors (Lipinski definition) is 1. The van der Waals surface area contributed by atoms with Crippen molar-refractivity contribution in [2.75, 3.05) is 36.5 Å². The molecule has 1 amide bonds. The van der Waals surface area contributed by atoms with Crippen molar-refractivity contribution < 1.29 is 13.9 Å². The van der Waals surface area contributed by atoms with Crippen LogP contribution in [-0.2, 0) is 17.8 Å². The van der Waals surface area contributed by atoms with Crippen molar-refractivity contribution in [3.05, 3.63) is 88.7 Å². The van der Waals surface area contributed by atoms with E-state index in [0.717, 1.165) is 30.1 Å². The molecule has 2 heterocycles. The van der Waals surface area contributed by atoms with Crippen molar-refractivity contribution in [1.82, 2.24) is 5.32 Å². The van der Waals surface area contributed by atoms with Crippen LogP contribution in [0.3, 0.4) is 0 Å². The fourth-order valence-electron chi connectivity index (χ4n) is 5.11. The van der Waals surface area contributed by atoms with Crippen LogP contribution in [-0.4, -0.2) is 38.7 Å². The van der Waals surface area contributed by atoms with E-state index in [1.165, 1.54) is 23.4 Å². The maximum Gasteiger partial charge on any atom is 0.225 e. The number of amides is 1. The molecule has 1 N–H and O–H groups in total. The maximum atomic E-state index is 13.4. The van der Waals surface area contributed by atoms with Gasteiger partial charge in [-0.05, 0) is 53.9 Å². The van der Waals surface area contributed by atoms with Crippen molar-refractivity contribution in [2.45, 2.75) is 19.0 Å². The third-order valence-corrected chi connectivity index (χ3v) is 7.06. The number of hydrogen-bond acceptors (Lipinski definition) is 4. The van der Waals surface area contributed by atoms with Gasteiger partial charge in [-0.2, -0.15) is 0 Å². The van der Waals surface area contributed by atoms with Gasteiger partial charge in [0.2, 0.25) is 5.91 Å². The minimum Gasteiger partial charge on any atom is -0.495 e. The molecule has 2 aliphatic heterocycles. The summed E-state index contributed by atoms with van der Waals surface area (Å²) < 4.78 is 18.8. The Hall–Kier alpha value is -3.25. The van der Waals surface area contributed by atoms with Crippen LogP contribution in [0.5, 0.6) is 5.75 Å². The summed E-state index contributed by atoms with van der Waals surface area (Å²) in [6.07, 6.45) is 0.674. The molecule has 5 rings (SSSR count). The Morgan fingerprint density at radius 1 is 1.09 bits per heavy atom. The van der Waals surface area contributed by atoms with Crippen LogP contribution in [0, 0.1) is 11.7 Å². The molecule has 34 heavy (non-hydrogen) atoms. The van der Waals surface area contributed by atoms with Gasteiger partial charge in [-0.25, -0.2) is 4.39 Å². The zero-order chi connectivity index (χ0) is 23.7. The molecular weight excluding hydrogens is 453 g/mol. The van der Waals surface area contributed by atoms with Crippen LogP contribution in [0.25, 0.3) is 0 Å². The average Bonchev–Trinajstić information content (AvgIpc) is 2.87. The number of nitrogens with zero attached hydrogens (tertiary/aromatic N) is 2. The van der Waals surface area contributed by atoms with Gasteiger partial charge in [-0.3, -0.25) is 4.79 Å². The van der Waals surface area contributed by atoms with Gasteiger partial charge in [0, 0.05) is 36.9 Å². The number of methoxy groups -OCH3 is 1. The molecule has 2 aliphatic rings. The normalized spacial score (nSPS) is 19.3. The highest BCUT2D eigenvalue weighted by Gasteiger charge is 2.41. The van der Waals surface area contributed by atoms with Crippen LogP contribution in [0.15, 0.2) is 66.7 Å². The summed E-state index contributed by atoms with van der Waals surface area (Å²) in [5.41, 5.74) is 4.21. The molecule has 1 fully saturated rings. The van der Waals surface area contributed by atoms with Gasteiger partial charge in [-0.1, -0.05) is 41.9 Å². The lowest BCUT2D eigenvalue weighted by molar-refractivity contribution is -0.126. The fourth-order valence-corrected chi connectivity index (χ4v) is 5.28. The summed E-state index contributed by atoms with van der Waals surface area (Å²) in [6.45, 7) is 2.64. The molecule has 5 nitrogen and oxygen atoms in total. The Bertz CT molecular complexity index is 1190. The van der Waals surface area contributed by atoms with E-state index in [-0.39, 0.29) is 23.7 Å². The zero-order valence-corrected chi connectivity index (χ0v) is 19.8. The van der Waals surface area contributed by atoms with E-state index in [1.54, 1.807) is 19.2 Å². The van der Waals surface area contributed by atoms with E-state index in [2.05, 4.69) is 33.3 Å². The van der Waals surface area contributed by atoms with Gasteiger partial charge in [0.25, 0.3) is 0 Å². The van der Waals surface area contributed by atoms with E-state index in [0.29, 0.717) is 24.5 Å². The number of benzene rings is 3. The quantitative estimate of drug-likeness (QED) is 0.577. The predicted molar refractivity (Wildman–Crippen MR) is 133 cm³/mol. The fraction of sp³-hybridized carbons (Fsp3) is 0.296. The summed E-state index contributed by atoms with van der Waals surface area (Å²) in [7, 11) is 1.66. The standard InChI is InChI=1S/C27H27ClFN3O2/c1-34-26-11-8-20(28)15-24(26)31-12-13-32-23-5-3-2-4-19(23)14-22(25(32)17-31)27(33)30-16-18-6-9-21(29)10-7-18/h2-11,15,22,25H,12-14,16-17H2,1H3,(H,30,33)/t22-,25+/m1/s1. The number of carbonyl (C=O) groups is 1. The van der Waals surface area contributed by atoms with Crippen molar-refractivity contribution in [3.8, 4) is 5.75 Å². The van der Waals surface area contributed by atoms with Gasteiger partial charge in [0.05, 0.1) is 24.8 Å². The zero-order valence-electron chi connectivity index (χ0n) is 19.0. The number of carbonyl (C=O) groups excluding carboxylic acids is 1. The molecule has 0 spiro atoms. The monoisotopic (exact) mass is 479 g/mol. The number of anilines is 2. The lowest BCUT2D eigenvalue weighted by Gasteiger charge is -2.49. The molecule has 0 aromatic heterocycles. The van der Waals surface area contributed by atoms with E-state index < -0.39 is 0 Å². The summed E-state index contributed by atoms with van der Waals surface area (Å²) >= 11 is 6.31. The summed E-state index contributed by atoms with van der Waals surface area (Å²) in [5.74, 6) is 0.275. The molecule has 1 saturated heterocycles. The van der Waals surface area contributed by atoms with Gasteiger partial charge >= 0.3 is 0 Å². The Morgan fingerprint density at radius 3 is 2.68 bits per heavy atom. The average molecular weight is 480 g/mol. The van der Waals surface area contributed by atoms with E-state index in [9.17, 15) is 9.18 Å². The topological polar surface area (TPSA) is 44.8 Å². The maximum absolute atomic E-state index is 13.4. The summed E-state index contributed by atoms with van der Waals surface area (Å²) in [6, 6.07) is 20.2. The number of fused-ring (bicyclic) bond motifs is 3. The largest absolute Gasteiger partial charge is 0.495 e. The Kier molecular flexibility index (Phi) is 6.33. The second kappa shape index (κ2) is 9.55. The van der Waals surface area contributed by atoms with Crippen molar-refractivity contribution >= 4 is 28.9 Å². The van der Waals surface area contributed by atoms with Gasteiger partial charge < -0.3 is 19.9 Å². The van der Waals surface area contributed by atoms with Crippen LogP contribution >= 0.6 is 11.6 Å². The molecule has 2 atom stereocenters. The summed E-state index contributed by atoms with van der Waals surface area (Å²) in [4.78, 5) is 18.1.